The Labute approximate surface area is 205 Å². The molecule has 0 saturated heterocycles. The zero-order valence-corrected chi connectivity index (χ0v) is 20.2. The topological polar surface area (TPSA) is 84.3 Å². The Morgan fingerprint density at radius 2 is 1.60 bits per heavy atom. The van der Waals surface area contributed by atoms with Crippen LogP contribution in [0.15, 0.2) is 79.0 Å². The fourth-order valence-corrected chi connectivity index (χ4v) is 3.64. The number of rotatable bonds is 10. The fraction of sp³-hybridized carbons (Fsp3) is 0.222. The third-order valence-electron chi connectivity index (χ3n) is 5.72. The first-order valence-corrected chi connectivity index (χ1v) is 11.6. The molecular weight excluding hydrogens is 440 g/mol. The number of benzene rings is 3. The Morgan fingerprint density at radius 3 is 2.26 bits per heavy atom. The van der Waals surface area contributed by atoms with Crippen LogP contribution < -0.4 is 15.4 Å². The Bertz CT molecular complexity index is 1250. The number of carbonyl (C=O) groups excluding carboxylic acids is 1. The van der Waals surface area contributed by atoms with E-state index >= 15 is 0 Å². The molecule has 8 heteroatoms. The molecule has 180 valence electrons. The fourth-order valence-electron chi connectivity index (χ4n) is 3.64. The second kappa shape index (κ2) is 11.3. The van der Waals surface area contributed by atoms with Crippen molar-refractivity contribution >= 4 is 23.0 Å². The normalized spacial score (nSPS) is 10.9. The molecule has 0 aliphatic carbocycles. The molecule has 0 aliphatic heterocycles. The van der Waals surface area contributed by atoms with E-state index in [0.717, 1.165) is 42.4 Å². The van der Waals surface area contributed by atoms with Gasteiger partial charge in [0, 0.05) is 29.2 Å². The van der Waals surface area contributed by atoms with Crippen LogP contribution in [0, 0.1) is 0 Å². The van der Waals surface area contributed by atoms with Crippen LogP contribution in [0.3, 0.4) is 0 Å². The van der Waals surface area contributed by atoms with Gasteiger partial charge in [0.15, 0.2) is 0 Å². The maximum atomic E-state index is 12.5. The summed E-state index contributed by atoms with van der Waals surface area (Å²) in [4.78, 5) is 14.8. The highest BCUT2D eigenvalue weighted by Crippen LogP contribution is 2.21. The van der Waals surface area contributed by atoms with E-state index in [2.05, 4.69) is 39.7 Å². The van der Waals surface area contributed by atoms with Gasteiger partial charge in [-0.15, -0.1) is 5.10 Å². The number of ether oxygens (including phenoxy) is 1. The maximum Gasteiger partial charge on any atom is 0.255 e. The van der Waals surface area contributed by atoms with Crippen molar-refractivity contribution in [2.75, 3.05) is 30.8 Å². The molecule has 4 aromatic rings. The summed E-state index contributed by atoms with van der Waals surface area (Å²) in [5.41, 5.74) is 5.02. The van der Waals surface area contributed by atoms with Gasteiger partial charge in [-0.25, -0.2) is 4.68 Å². The smallest absolute Gasteiger partial charge is 0.255 e. The molecule has 35 heavy (non-hydrogen) atoms. The quantitative estimate of drug-likeness (QED) is 0.335. The second-order valence-electron chi connectivity index (χ2n) is 8.05. The molecule has 0 aliphatic rings. The van der Waals surface area contributed by atoms with Crippen molar-refractivity contribution in [2.45, 2.75) is 20.4 Å². The highest BCUT2D eigenvalue weighted by Gasteiger charge is 2.08. The summed E-state index contributed by atoms with van der Waals surface area (Å²) >= 11 is 0. The number of nitrogens with zero attached hydrogens (tertiary/aromatic N) is 4. The summed E-state index contributed by atoms with van der Waals surface area (Å²) in [5, 5.41) is 14.8. The molecule has 2 N–H and O–H groups in total. The maximum absolute atomic E-state index is 12.5. The molecule has 1 amide bonds. The number of nitrogens with one attached hydrogen (secondary N) is 2. The Hall–Kier alpha value is -4.17. The first kappa shape index (κ1) is 24.0. The van der Waals surface area contributed by atoms with Gasteiger partial charge in [0.05, 0.1) is 24.7 Å². The van der Waals surface area contributed by atoms with Crippen molar-refractivity contribution < 1.29 is 9.53 Å². The van der Waals surface area contributed by atoms with Gasteiger partial charge < -0.3 is 15.4 Å². The van der Waals surface area contributed by atoms with Gasteiger partial charge in [0.2, 0.25) is 0 Å². The van der Waals surface area contributed by atoms with Crippen molar-refractivity contribution in [1.29, 1.82) is 0 Å². The van der Waals surface area contributed by atoms with Gasteiger partial charge in [-0.05, 0) is 79.8 Å². The number of methoxy groups -OCH3 is 1. The van der Waals surface area contributed by atoms with Crippen LogP contribution in [0.25, 0.3) is 5.69 Å². The number of aromatic nitrogens is 3. The molecule has 0 radical (unpaired) electrons. The lowest BCUT2D eigenvalue weighted by atomic mass is 10.2. The van der Waals surface area contributed by atoms with Crippen LogP contribution in [0.2, 0.25) is 0 Å². The Morgan fingerprint density at radius 1 is 0.943 bits per heavy atom. The van der Waals surface area contributed by atoms with E-state index in [1.165, 1.54) is 0 Å². The van der Waals surface area contributed by atoms with E-state index < -0.39 is 0 Å². The third kappa shape index (κ3) is 6.24. The lowest BCUT2D eigenvalue weighted by molar-refractivity contribution is 0.102. The molecule has 4 rings (SSSR count). The van der Waals surface area contributed by atoms with Crippen molar-refractivity contribution in [1.82, 2.24) is 19.9 Å². The minimum Gasteiger partial charge on any atom is -0.497 e. The number of amides is 1. The van der Waals surface area contributed by atoms with Crippen LogP contribution >= 0.6 is 0 Å². The largest absolute Gasteiger partial charge is 0.497 e. The van der Waals surface area contributed by atoms with Crippen LogP contribution in [0.5, 0.6) is 5.75 Å². The number of hydrogen-bond donors (Lipinski definition) is 2. The zero-order chi connectivity index (χ0) is 24.6. The molecule has 8 nitrogen and oxygen atoms in total. The van der Waals surface area contributed by atoms with Crippen LogP contribution in [-0.2, 0) is 6.54 Å². The Balaban J connectivity index is 1.35. The SMILES string of the molecule is CCN(CC)Cc1cn(-c2ccc(Nc3ccc(NC(=O)c4cccc(OC)c4)cc3)cc2)nn1. The molecule has 1 heterocycles. The highest BCUT2D eigenvalue weighted by atomic mass is 16.5. The minimum atomic E-state index is -0.187. The zero-order valence-electron chi connectivity index (χ0n) is 20.2. The highest BCUT2D eigenvalue weighted by molar-refractivity contribution is 6.04. The van der Waals surface area contributed by atoms with Gasteiger partial charge in [0.1, 0.15) is 5.75 Å². The monoisotopic (exact) mass is 470 g/mol. The first-order valence-electron chi connectivity index (χ1n) is 11.6. The van der Waals surface area contributed by atoms with Crippen LogP contribution in [0.4, 0.5) is 17.1 Å². The number of carbonyl (C=O) groups is 1. The van der Waals surface area contributed by atoms with Gasteiger partial charge in [-0.1, -0.05) is 25.1 Å². The summed E-state index contributed by atoms with van der Waals surface area (Å²) < 4.78 is 6.98. The number of hydrogen-bond acceptors (Lipinski definition) is 6. The predicted octanol–water partition coefficient (Wildman–Crippen LogP) is 5.11. The second-order valence-corrected chi connectivity index (χ2v) is 8.05. The number of anilines is 3. The van der Waals surface area contributed by atoms with Crippen molar-refractivity contribution in [3.63, 3.8) is 0 Å². The molecule has 0 atom stereocenters. The van der Waals surface area contributed by atoms with Gasteiger partial charge in [-0.3, -0.25) is 9.69 Å². The van der Waals surface area contributed by atoms with Gasteiger partial charge in [-0.2, -0.15) is 0 Å². The minimum absolute atomic E-state index is 0.187. The van der Waals surface area contributed by atoms with E-state index in [9.17, 15) is 4.79 Å². The summed E-state index contributed by atoms with van der Waals surface area (Å²) in [6.07, 6.45) is 1.97. The summed E-state index contributed by atoms with van der Waals surface area (Å²) in [6.45, 7) is 7.05. The molecular formula is C27H30N6O2. The molecule has 0 bridgehead atoms. The van der Waals surface area contributed by atoms with E-state index in [-0.39, 0.29) is 5.91 Å². The lowest BCUT2D eigenvalue weighted by Crippen LogP contribution is -2.22. The van der Waals surface area contributed by atoms with Crippen molar-refractivity contribution in [3.05, 3.63) is 90.3 Å². The summed E-state index contributed by atoms with van der Waals surface area (Å²) in [6, 6.07) is 22.6. The van der Waals surface area contributed by atoms with E-state index in [1.807, 2.05) is 54.7 Å². The van der Waals surface area contributed by atoms with Crippen LogP contribution in [-0.4, -0.2) is 46.0 Å². The molecule has 3 aromatic carbocycles. The van der Waals surface area contributed by atoms with Crippen molar-refractivity contribution in [3.8, 4) is 11.4 Å². The third-order valence-corrected chi connectivity index (χ3v) is 5.72. The molecule has 1 aromatic heterocycles. The average molecular weight is 471 g/mol. The molecule has 0 spiro atoms. The van der Waals surface area contributed by atoms with Crippen LogP contribution in [0.1, 0.15) is 29.9 Å². The van der Waals surface area contributed by atoms with E-state index in [0.29, 0.717) is 17.0 Å². The standard InChI is InChI=1S/C27H30N6O2/c1-4-32(5-2)18-24-19-33(31-30-24)25-15-13-22(14-16-25)28-21-9-11-23(12-10-21)29-27(34)20-7-6-8-26(17-20)35-3/h6-17,19,28H,4-5,18H2,1-3H3,(H,29,34). The van der Waals surface area contributed by atoms with E-state index in [1.54, 1.807) is 36.1 Å². The van der Waals surface area contributed by atoms with E-state index in [4.69, 9.17) is 4.74 Å². The van der Waals surface area contributed by atoms with Crippen molar-refractivity contribution in [2.24, 2.45) is 0 Å². The molecule has 0 unspecified atom stereocenters. The first-order chi connectivity index (χ1) is 17.1. The predicted molar refractivity (Wildman–Crippen MR) is 139 cm³/mol. The van der Waals surface area contributed by atoms with Gasteiger partial charge in [0.25, 0.3) is 5.91 Å². The molecule has 0 saturated carbocycles. The average Bonchev–Trinajstić information content (AvgIpc) is 3.37. The summed E-state index contributed by atoms with van der Waals surface area (Å²) in [7, 11) is 1.58. The lowest BCUT2D eigenvalue weighted by Gasteiger charge is -2.15. The molecule has 0 fully saturated rings. The van der Waals surface area contributed by atoms with Gasteiger partial charge >= 0.3 is 0 Å². The summed E-state index contributed by atoms with van der Waals surface area (Å²) in [5.74, 6) is 0.459. The Kier molecular flexibility index (Phi) is 7.74.